The van der Waals surface area contributed by atoms with Gasteiger partial charge in [-0.05, 0) is 32.0 Å². The highest BCUT2D eigenvalue weighted by Crippen LogP contribution is 2.34. The Bertz CT molecular complexity index is 1210. The number of pyridine rings is 1. The summed E-state index contributed by atoms with van der Waals surface area (Å²) in [5.74, 6) is 1.37. The zero-order valence-electron chi connectivity index (χ0n) is 16.6. The van der Waals surface area contributed by atoms with Gasteiger partial charge in [-0.3, -0.25) is 4.68 Å². The average molecular weight is 405 g/mol. The first-order valence-corrected chi connectivity index (χ1v) is 9.90. The second-order valence-electron chi connectivity index (χ2n) is 7.47. The van der Waals surface area contributed by atoms with Crippen molar-refractivity contribution in [2.24, 2.45) is 0 Å². The number of rotatable bonds is 4. The topological polar surface area (TPSA) is 127 Å². The molecule has 0 spiro atoms. The maximum atomic E-state index is 10.0. The molecule has 0 amide bonds. The number of phenolic OH excluding ortho intramolecular Hbond substituents is 1. The molecule has 0 atom stereocenters. The zero-order chi connectivity index (χ0) is 20.7. The predicted octanol–water partition coefficient (Wildman–Crippen LogP) is 2.71. The summed E-state index contributed by atoms with van der Waals surface area (Å²) in [4.78, 5) is 12.2. The largest absolute Gasteiger partial charge is 0.504 e. The van der Waals surface area contributed by atoms with Gasteiger partial charge in [-0.15, -0.1) is 0 Å². The van der Waals surface area contributed by atoms with Crippen molar-refractivity contribution in [2.75, 3.05) is 25.9 Å². The number of fused-ring (bicyclic) bond motifs is 1. The molecular formula is C21H23N7O2. The minimum absolute atomic E-state index is 0.0466. The van der Waals surface area contributed by atoms with Crippen molar-refractivity contribution in [3.8, 4) is 34.0 Å². The Balaban J connectivity index is 1.51. The number of nitrogen functional groups attached to an aromatic ring is 1. The number of nitrogens with zero attached hydrogens (tertiary/aromatic N) is 4. The number of H-pyrrole nitrogens is 1. The van der Waals surface area contributed by atoms with Gasteiger partial charge in [-0.25, -0.2) is 9.97 Å². The lowest BCUT2D eigenvalue weighted by atomic mass is 10.1. The molecule has 5 rings (SSSR count). The van der Waals surface area contributed by atoms with Crippen LogP contribution in [-0.4, -0.2) is 50.0 Å². The number of nitrogens with one attached hydrogen (secondary N) is 2. The third-order valence-electron chi connectivity index (χ3n) is 5.57. The SMILES string of the molecule is COc1cc2nc(-c3cc(-c4cnn(C5CCNCC5)c4)cnc3N)[nH]c2cc1O. The Morgan fingerprint density at radius 3 is 2.80 bits per heavy atom. The maximum absolute atomic E-state index is 10.0. The number of benzene rings is 1. The summed E-state index contributed by atoms with van der Waals surface area (Å²) in [5.41, 5.74) is 10.1. The number of ether oxygens (including phenoxy) is 1. The van der Waals surface area contributed by atoms with Gasteiger partial charge < -0.3 is 25.9 Å². The first-order chi connectivity index (χ1) is 14.6. The lowest BCUT2D eigenvalue weighted by Crippen LogP contribution is -2.29. The van der Waals surface area contributed by atoms with Crippen molar-refractivity contribution in [3.05, 3.63) is 36.8 Å². The van der Waals surface area contributed by atoms with Gasteiger partial charge >= 0.3 is 0 Å². The third-order valence-corrected chi connectivity index (χ3v) is 5.57. The van der Waals surface area contributed by atoms with Crippen LogP contribution in [0.2, 0.25) is 0 Å². The number of imidazole rings is 1. The molecule has 3 aromatic heterocycles. The standard InChI is InChI=1S/C21H23N7O2/c1-30-19-8-17-16(7-18(19)29)26-21(27-17)15-6-12(9-24-20(15)22)13-10-25-28(11-13)14-2-4-23-5-3-14/h6-11,14,23,29H,2-5H2,1H3,(H2,22,24)(H,26,27). The molecule has 154 valence electrons. The smallest absolute Gasteiger partial charge is 0.162 e. The van der Waals surface area contributed by atoms with Crippen LogP contribution in [0.1, 0.15) is 18.9 Å². The molecule has 4 heterocycles. The Morgan fingerprint density at radius 2 is 2.00 bits per heavy atom. The van der Waals surface area contributed by atoms with E-state index < -0.39 is 0 Å². The van der Waals surface area contributed by atoms with Crippen LogP contribution in [0.5, 0.6) is 11.5 Å². The van der Waals surface area contributed by atoms with Gasteiger partial charge in [0.2, 0.25) is 0 Å². The molecule has 30 heavy (non-hydrogen) atoms. The van der Waals surface area contributed by atoms with Crippen LogP contribution >= 0.6 is 0 Å². The Morgan fingerprint density at radius 1 is 1.17 bits per heavy atom. The Kier molecular flexibility index (Phi) is 4.51. The molecule has 5 N–H and O–H groups in total. The van der Waals surface area contributed by atoms with Crippen LogP contribution in [0.25, 0.3) is 33.5 Å². The number of hydrogen-bond donors (Lipinski definition) is 4. The summed E-state index contributed by atoms with van der Waals surface area (Å²) in [6, 6.07) is 5.64. The molecule has 0 unspecified atom stereocenters. The number of anilines is 1. The Labute approximate surface area is 172 Å². The van der Waals surface area contributed by atoms with Gasteiger partial charge in [-0.1, -0.05) is 0 Å². The highest BCUT2D eigenvalue weighted by atomic mass is 16.5. The minimum Gasteiger partial charge on any atom is -0.504 e. The van der Waals surface area contributed by atoms with E-state index in [9.17, 15) is 5.11 Å². The van der Waals surface area contributed by atoms with Crippen LogP contribution in [0.4, 0.5) is 5.82 Å². The maximum Gasteiger partial charge on any atom is 0.162 e. The third kappa shape index (κ3) is 3.22. The number of phenols is 1. The summed E-state index contributed by atoms with van der Waals surface area (Å²) in [6.07, 6.45) is 7.82. The molecule has 9 heteroatoms. The monoisotopic (exact) mass is 405 g/mol. The molecule has 1 saturated heterocycles. The van der Waals surface area contributed by atoms with E-state index in [4.69, 9.17) is 10.5 Å². The fraction of sp³-hybridized carbons (Fsp3) is 0.286. The van der Waals surface area contributed by atoms with Crippen LogP contribution < -0.4 is 15.8 Å². The number of nitrogens with two attached hydrogens (primary N) is 1. The lowest BCUT2D eigenvalue weighted by molar-refractivity contribution is 0.343. The minimum atomic E-state index is 0.0466. The first-order valence-electron chi connectivity index (χ1n) is 9.90. The lowest BCUT2D eigenvalue weighted by Gasteiger charge is -2.22. The van der Waals surface area contributed by atoms with Crippen molar-refractivity contribution in [3.63, 3.8) is 0 Å². The highest BCUT2D eigenvalue weighted by molar-refractivity contribution is 5.85. The van der Waals surface area contributed by atoms with Crippen molar-refractivity contribution >= 4 is 16.9 Å². The van der Waals surface area contributed by atoms with Gasteiger partial charge in [0.1, 0.15) is 11.6 Å². The van der Waals surface area contributed by atoms with Crippen LogP contribution in [0.3, 0.4) is 0 Å². The van der Waals surface area contributed by atoms with Crippen molar-refractivity contribution in [1.82, 2.24) is 30.0 Å². The molecule has 0 bridgehead atoms. The summed E-state index contributed by atoms with van der Waals surface area (Å²) in [6.45, 7) is 2.03. The first kappa shape index (κ1) is 18.4. The number of hydrogen-bond acceptors (Lipinski definition) is 7. The highest BCUT2D eigenvalue weighted by Gasteiger charge is 2.17. The van der Waals surface area contributed by atoms with Gasteiger partial charge in [0, 0.05) is 35.7 Å². The molecular weight excluding hydrogens is 382 g/mol. The second-order valence-corrected chi connectivity index (χ2v) is 7.47. The van der Waals surface area contributed by atoms with E-state index in [1.54, 1.807) is 18.3 Å². The van der Waals surface area contributed by atoms with E-state index in [-0.39, 0.29) is 5.75 Å². The molecule has 4 aromatic rings. The quantitative estimate of drug-likeness (QED) is 0.411. The number of aromatic amines is 1. The molecule has 9 nitrogen and oxygen atoms in total. The average Bonchev–Trinajstić information content (AvgIpc) is 3.41. The normalized spacial score (nSPS) is 15.0. The number of aromatic nitrogens is 5. The fourth-order valence-corrected chi connectivity index (χ4v) is 3.90. The number of piperidine rings is 1. The summed E-state index contributed by atoms with van der Waals surface area (Å²) < 4.78 is 7.21. The molecule has 1 aromatic carbocycles. The van der Waals surface area contributed by atoms with E-state index in [2.05, 4.69) is 31.6 Å². The van der Waals surface area contributed by atoms with E-state index in [0.29, 0.717) is 40.0 Å². The summed E-state index contributed by atoms with van der Waals surface area (Å²) >= 11 is 0. The van der Waals surface area contributed by atoms with Gasteiger partial charge in [0.05, 0.1) is 35.9 Å². The van der Waals surface area contributed by atoms with Crippen molar-refractivity contribution < 1.29 is 9.84 Å². The molecule has 1 aliphatic heterocycles. The molecule has 0 radical (unpaired) electrons. The summed E-state index contributed by atoms with van der Waals surface area (Å²) in [7, 11) is 1.50. The molecule has 1 fully saturated rings. The summed E-state index contributed by atoms with van der Waals surface area (Å²) in [5, 5.41) is 18.0. The Hall–Kier alpha value is -3.59. The van der Waals surface area contributed by atoms with Gasteiger partial charge in [-0.2, -0.15) is 5.10 Å². The van der Waals surface area contributed by atoms with Crippen LogP contribution in [0, 0.1) is 0 Å². The van der Waals surface area contributed by atoms with Gasteiger partial charge in [0.15, 0.2) is 11.5 Å². The second kappa shape index (κ2) is 7.34. The molecule has 0 saturated carbocycles. The number of methoxy groups -OCH3 is 1. The van der Waals surface area contributed by atoms with E-state index in [0.717, 1.165) is 37.1 Å². The van der Waals surface area contributed by atoms with Gasteiger partial charge in [0.25, 0.3) is 0 Å². The zero-order valence-corrected chi connectivity index (χ0v) is 16.6. The fourth-order valence-electron chi connectivity index (χ4n) is 3.90. The van der Waals surface area contributed by atoms with E-state index >= 15 is 0 Å². The van der Waals surface area contributed by atoms with E-state index in [1.807, 2.05) is 16.9 Å². The van der Waals surface area contributed by atoms with E-state index in [1.165, 1.54) is 7.11 Å². The predicted molar refractivity (Wildman–Crippen MR) is 114 cm³/mol. The van der Waals surface area contributed by atoms with Crippen LogP contribution in [0.15, 0.2) is 36.8 Å². The molecule has 1 aliphatic rings. The van der Waals surface area contributed by atoms with Crippen molar-refractivity contribution in [1.29, 1.82) is 0 Å². The molecule has 0 aliphatic carbocycles. The van der Waals surface area contributed by atoms with Crippen molar-refractivity contribution in [2.45, 2.75) is 18.9 Å². The number of aromatic hydroxyl groups is 1. The van der Waals surface area contributed by atoms with Crippen LogP contribution in [-0.2, 0) is 0 Å².